The van der Waals surface area contributed by atoms with Gasteiger partial charge in [-0.05, 0) is 35.7 Å². The smallest absolute Gasteiger partial charge is 0.263 e. The number of nitrogens with zero attached hydrogens (tertiary/aromatic N) is 1. The summed E-state index contributed by atoms with van der Waals surface area (Å²) in [5, 5.41) is 0. The van der Waals surface area contributed by atoms with E-state index in [1.807, 2.05) is 19.9 Å². The number of fused-ring (bicyclic) bond motifs is 1. The summed E-state index contributed by atoms with van der Waals surface area (Å²) in [6, 6.07) is 11.2. The molecule has 0 saturated carbocycles. The number of imide groups is 1. The number of sulfonamides is 1. The van der Waals surface area contributed by atoms with Gasteiger partial charge in [-0.2, -0.15) is 0 Å². The second-order valence-electron chi connectivity index (χ2n) is 6.23. The van der Waals surface area contributed by atoms with Gasteiger partial charge in [-0.1, -0.05) is 32.0 Å². The molecule has 25 heavy (non-hydrogen) atoms. The number of amides is 2. The summed E-state index contributed by atoms with van der Waals surface area (Å²) in [5.41, 5.74) is 1.28. The third-order valence-electron chi connectivity index (χ3n) is 4.20. The van der Waals surface area contributed by atoms with Crippen molar-refractivity contribution in [2.45, 2.75) is 24.7 Å². The van der Waals surface area contributed by atoms with Gasteiger partial charge in [0.05, 0.1) is 21.7 Å². The zero-order chi connectivity index (χ0) is 18.4. The molecule has 0 spiro atoms. The highest BCUT2D eigenvalue weighted by Crippen LogP contribution is 2.30. The molecule has 2 aromatic rings. The standard InChI is InChI=1S/C18H18N2O4S/c1-11(2)12-6-4-7-13(10-12)25(23,24)19-15-9-5-8-14-16(15)18(22)20(3)17(14)21/h4-11,19H,1-3H3. The maximum absolute atomic E-state index is 12.7. The molecule has 7 heteroatoms. The molecule has 0 radical (unpaired) electrons. The lowest BCUT2D eigenvalue weighted by atomic mass is 10.0. The number of carbonyl (C=O) groups excluding carboxylic acids is 2. The molecule has 3 rings (SSSR count). The van der Waals surface area contributed by atoms with Gasteiger partial charge in [0.2, 0.25) is 0 Å². The maximum atomic E-state index is 12.7. The molecule has 1 aliphatic heterocycles. The van der Waals surface area contributed by atoms with Gasteiger partial charge in [0, 0.05) is 7.05 Å². The highest BCUT2D eigenvalue weighted by Gasteiger charge is 2.35. The van der Waals surface area contributed by atoms with Crippen LogP contribution in [0.2, 0.25) is 0 Å². The first-order valence-electron chi connectivity index (χ1n) is 7.80. The fourth-order valence-electron chi connectivity index (χ4n) is 2.73. The Labute approximate surface area is 146 Å². The average molecular weight is 358 g/mol. The third kappa shape index (κ3) is 2.91. The Bertz CT molecular complexity index is 980. The van der Waals surface area contributed by atoms with Crippen molar-refractivity contribution in [1.82, 2.24) is 4.90 Å². The lowest BCUT2D eigenvalue weighted by molar-refractivity contribution is 0.0693. The number of rotatable bonds is 4. The summed E-state index contributed by atoms with van der Waals surface area (Å²) in [7, 11) is -2.51. The van der Waals surface area contributed by atoms with Crippen LogP contribution in [-0.4, -0.2) is 32.2 Å². The van der Waals surface area contributed by atoms with Gasteiger partial charge in [-0.25, -0.2) is 8.42 Å². The third-order valence-corrected chi connectivity index (χ3v) is 5.56. The quantitative estimate of drug-likeness (QED) is 0.852. The minimum atomic E-state index is -3.88. The fourth-order valence-corrected chi connectivity index (χ4v) is 3.86. The Morgan fingerprint density at radius 3 is 2.36 bits per heavy atom. The largest absolute Gasteiger partial charge is 0.279 e. The van der Waals surface area contributed by atoms with Crippen LogP contribution in [0.5, 0.6) is 0 Å². The molecule has 0 aliphatic carbocycles. The molecule has 0 atom stereocenters. The summed E-state index contributed by atoms with van der Waals surface area (Å²) in [4.78, 5) is 25.4. The van der Waals surface area contributed by atoms with Crippen molar-refractivity contribution in [2.75, 3.05) is 11.8 Å². The van der Waals surface area contributed by atoms with Gasteiger partial charge in [0.1, 0.15) is 0 Å². The number of hydrogen-bond donors (Lipinski definition) is 1. The molecule has 0 bridgehead atoms. The van der Waals surface area contributed by atoms with Crippen LogP contribution in [0, 0.1) is 0 Å². The molecular formula is C18H18N2O4S. The van der Waals surface area contributed by atoms with Gasteiger partial charge < -0.3 is 0 Å². The fraction of sp³-hybridized carbons (Fsp3) is 0.222. The zero-order valence-electron chi connectivity index (χ0n) is 14.1. The predicted octanol–water partition coefficient (Wildman–Crippen LogP) is 2.84. The van der Waals surface area contributed by atoms with E-state index in [9.17, 15) is 18.0 Å². The second-order valence-corrected chi connectivity index (χ2v) is 7.91. The summed E-state index contributed by atoms with van der Waals surface area (Å²) in [6.45, 7) is 3.95. The van der Waals surface area contributed by atoms with Crippen molar-refractivity contribution in [2.24, 2.45) is 0 Å². The minimum Gasteiger partial charge on any atom is -0.279 e. The number of benzene rings is 2. The Hall–Kier alpha value is -2.67. The molecule has 1 N–H and O–H groups in total. The van der Waals surface area contributed by atoms with E-state index in [0.717, 1.165) is 10.5 Å². The summed E-state index contributed by atoms with van der Waals surface area (Å²) < 4.78 is 27.9. The van der Waals surface area contributed by atoms with Gasteiger partial charge >= 0.3 is 0 Å². The topological polar surface area (TPSA) is 83.6 Å². The first-order valence-corrected chi connectivity index (χ1v) is 9.29. The van der Waals surface area contributed by atoms with Crippen molar-refractivity contribution in [3.63, 3.8) is 0 Å². The Kier molecular flexibility index (Phi) is 4.12. The van der Waals surface area contributed by atoms with E-state index < -0.39 is 21.8 Å². The molecule has 130 valence electrons. The van der Waals surface area contributed by atoms with Crippen molar-refractivity contribution < 1.29 is 18.0 Å². The van der Waals surface area contributed by atoms with E-state index in [-0.39, 0.29) is 27.6 Å². The Balaban J connectivity index is 2.03. The van der Waals surface area contributed by atoms with Crippen LogP contribution in [0.1, 0.15) is 46.0 Å². The Morgan fingerprint density at radius 2 is 1.68 bits per heavy atom. The molecule has 1 aliphatic rings. The van der Waals surface area contributed by atoms with Gasteiger partial charge in [0.25, 0.3) is 21.8 Å². The van der Waals surface area contributed by atoms with Gasteiger partial charge in [0.15, 0.2) is 0 Å². The zero-order valence-corrected chi connectivity index (χ0v) is 14.9. The number of anilines is 1. The van der Waals surface area contributed by atoms with Crippen LogP contribution in [-0.2, 0) is 10.0 Å². The molecule has 6 nitrogen and oxygen atoms in total. The molecule has 2 aromatic carbocycles. The molecule has 0 fully saturated rings. The van der Waals surface area contributed by atoms with Crippen molar-refractivity contribution in [3.05, 3.63) is 59.2 Å². The molecule has 0 aromatic heterocycles. The van der Waals surface area contributed by atoms with Crippen LogP contribution < -0.4 is 4.72 Å². The second kappa shape index (κ2) is 6.00. The summed E-state index contributed by atoms with van der Waals surface area (Å²) >= 11 is 0. The molecule has 0 saturated heterocycles. The van der Waals surface area contributed by atoms with Crippen LogP contribution in [0.4, 0.5) is 5.69 Å². The van der Waals surface area contributed by atoms with E-state index in [1.165, 1.54) is 25.2 Å². The van der Waals surface area contributed by atoms with E-state index in [1.54, 1.807) is 18.2 Å². The van der Waals surface area contributed by atoms with Gasteiger partial charge in [-0.3, -0.25) is 19.2 Å². The molecule has 2 amide bonds. The Morgan fingerprint density at radius 1 is 1.00 bits per heavy atom. The lowest BCUT2D eigenvalue weighted by Gasteiger charge is -2.12. The SMILES string of the molecule is CC(C)c1cccc(S(=O)(=O)Nc2cccc3c2C(=O)N(C)C3=O)c1. The summed E-state index contributed by atoms with van der Waals surface area (Å²) in [5.74, 6) is -0.777. The molecule has 1 heterocycles. The van der Waals surface area contributed by atoms with Crippen molar-refractivity contribution in [1.29, 1.82) is 0 Å². The van der Waals surface area contributed by atoms with Gasteiger partial charge in [-0.15, -0.1) is 0 Å². The van der Waals surface area contributed by atoms with E-state index in [2.05, 4.69) is 4.72 Å². The first kappa shape index (κ1) is 17.2. The monoisotopic (exact) mass is 358 g/mol. The van der Waals surface area contributed by atoms with E-state index >= 15 is 0 Å². The average Bonchev–Trinajstić information content (AvgIpc) is 2.80. The minimum absolute atomic E-state index is 0.0820. The van der Waals surface area contributed by atoms with Crippen LogP contribution >= 0.6 is 0 Å². The highest BCUT2D eigenvalue weighted by atomic mass is 32.2. The normalized spacial score (nSPS) is 14.2. The number of hydrogen-bond acceptors (Lipinski definition) is 4. The number of carbonyl (C=O) groups is 2. The van der Waals surface area contributed by atoms with E-state index in [4.69, 9.17) is 0 Å². The number of nitrogens with one attached hydrogen (secondary N) is 1. The van der Waals surface area contributed by atoms with Crippen molar-refractivity contribution >= 4 is 27.5 Å². The van der Waals surface area contributed by atoms with E-state index in [0.29, 0.717) is 0 Å². The van der Waals surface area contributed by atoms with Crippen LogP contribution in [0.25, 0.3) is 0 Å². The van der Waals surface area contributed by atoms with Crippen LogP contribution in [0.3, 0.4) is 0 Å². The maximum Gasteiger partial charge on any atom is 0.263 e. The lowest BCUT2D eigenvalue weighted by Crippen LogP contribution is -2.24. The van der Waals surface area contributed by atoms with Crippen molar-refractivity contribution in [3.8, 4) is 0 Å². The highest BCUT2D eigenvalue weighted by molar-refractivity contribution is 7.92. The predicted molar refractivity (Wildman–Crippen MR) is 94.2 cm³/mol. The van der Waals surface area contributed by atoms with Crippen LogP contribution in [0.15, 0.2) is 47.4 Å². The first-order chi connectivity index (χ1) is 11.7. The summed E-state index contributed by atoms with van der Waals surface area (Å²) in [6.07, 6.45) is 0. The molecule has 0 unspecified atom stereocenters. The molecular weight excluding hydrogens is 340 g/mol.